The molecule has 0 saturated heterocycles. The number of hydrogen-bond donors (Lipinski definition) is 3. The molecule has 3 N–H and O–H groups in total. The van der Waals surface area contributed by atoms with Crippen LogP contribution in [-0.2, 0) is 17.8 Å². The Balaban J connectivity index is 1.43. The molecule has 158 valence electrons. The van der Waals surface area contributed by atoms with Gasteiger partial charge in [-0.15, -0.1) is 0 Å². The van der Waals surface area contributed by atoms with Gasteiger partial charge in [-0.05, 0) is 36.2 Å². The minimum atomic E-state index is 0.0640. The first-order valence-corrected chi connectivity index (χ1v) is 10.0. The number of guanidine groups is 1. The number of para-hydroxylation sites is 1. The lowest BCUT2D eigenvalue weighted by Crippen LogP contribution is -2.38. The van der Waals surface area contributed by atoms with Gasteiger partial charge in [0, 0.05) is 31.3 Å². The summed E-state index contributed by atoms with van der Waals surface area (Å²) in [6.07, 6.45) is 2.98. The topological polar surface area (TPSA) is 84.0 Å². The maximum Gasteiger partial charge on any atom is 0.224 e. The molecule has 3 rings (SSSR count). The van der Waals surface area contributed by atoms with Gasteiger partial charge in [-0.3, -0.25) is 9.79 Å². The molecule has 0 saturated carbocycles. The van der Waals surface area contributed by atoms with Crippen LogP contribution in [0.25, 0.3) is 0 Å². The van der Waals surface area contributed by atoms with Crippen LogP contribution < -0.4 is 25.4 Å². The van der Waals surface area contributed by atoms with Crippen LogP contribution in [0.5, 0.6) is 11.5 Å². The Bertz CT molecular complexity index is 911. The summed E-state index contributed by atoms with van der Waals surface area (Å²) in [5.74, 6) is 2.37. The Kier molecular flexibility index (Phi) is 7.71. The van der Waals surface area contributed by atoms with Gasteiger partial charge in [-0.2, -0.15) is 0 Å². The minimum Gasteiger partial charge on any atom is -0.492 e. The fourth-order valence-corrected chi connectivity index (χ4v) is 3.13. The second-order valence-electron chi connectivity index (χ2n) is 6.78. The van der Waals surface area contributed by atoms with E-state index in [1.54, 1.807) is 13.1 Å². The van der Waals surface area contributed by atoms with Crippen LogP contribution in [0.3, 0.4) is 0 Å². The number of anilines is 1. The predicted molar refractivity (Wildman–Crippen MR) is 119 cm³/mol. The lowest BCUT2D eigenvalue weighted by atomic mass is 10.0. The third kappa shape index (κ3) is 6.01. The zero-order valence-corrected chi connectivity index (χ0v) is 17.2. The van der Waals surface area contributed by atoms with Crippen molar-refractivity contribution in [1.29, 1.82) is 0 Å². The average Bonchev–Trinajstić information content (AvgIpc) is 2.77. The van der Waals surface area contributed by atoms with Crippen molar-refractivity contribution in [3.8, 4) is 11.5 Å². The quantitative estimate of drug-likeness (QED) is 0.257. The van der Waals surface area contributed by atoms with Crippen molar-refractivity contribution in [2.75, 3.05) is 32.1 Å². The Morgan fingerprint density at radius 2 is 2.07 bits per heavy atom. The number of nitrogens with zero attached hydrogens (tertiary/aromatic N) is 1. The molecular formula is C23H28N4O3. The molecule has 7 nitrogen and oxygen atoms in total. The summed E-state index contributed by atoms with van der Waals surface area (Å²) < 4.78 is 11.5. The summed E-state index contributed by atoms with van der Waals surface area (Å²) in [6, 6.07) is 13.6. The van der Waals surface area contributed by atoms with Gasteiger partial charge in [0.15, 0.2) is 5.96 Å². The minimum absolute atomic E-state index is 0.0640. The van der Waals surface area contributed by atoms with E-state index in [9.17, 15) is 4.79 Å². The maximum absolute atomic E-state index is 11.4. The number of ether oxygens (including phenoxy) is 2. The van der Waals surface area contributed by atoms with Crippen molar-refractivity contribution >= 4 is 17.6 Å². The Labute approximate surface area is 177 Å². The highest BCUT2D eigenvalue weighted by Crippen LogP contribution is 2.26. The summed E-state index contributed by atoms with van der Waals surface area (Å²) in [7, 11) is 1.73. The van der Waals surface area contributed by atoms with E-state index in [-0.39, 0.29) is 5.91 Å². The summed E-state index contributed by atoms with van der Waals surface area (Å²) in [5.41, 5.74) is 3.02. The molecule has 0 unspecified atom stereocenters. The molecule has 0 radical (unpaired) electrons. The molecule has 0 atom stereocenters. The van der Waals surface area contributed by atoms with E-state index in [2.05, 4.69) is 27.5 Å². The van der Waals surface area contributed by atoms with E-state index in [1.807, 2.05) is 42.5 Å². The van der Waals surface area contributed by atoms with E-state index in [1.165, 1.54) is 0 Å². The van der Waals surface area contributed by atoms with Gasteiger partial charge < -0.3 is 25.4 Å². The molecule has 1 aliphatic rings. The van der Waals surface area contributed by atoms with Crippen LogP contribution in [-0.4, -0.2) is 38.7 Å². The number of nitrogens with one attached hydrogen (secondary N) is 3. The molecule has 0 spiro atoms. The zero-order chi connectivity index (χ0) is 21.2. The largest absolute Gasteiger partial charge is 0.492 e. The van der Waals surface area contributed by atoms with Crippen LogP contribution >= 0.6 is 0 Å². The molecule has 0 aromatic heterocycles. The summed E-state index contributed by atoms with van der Waals surface area (Å²) in [6.45, 7) is 5.83. The molecule has 7 heteroatoms. The van der Waals surface area contributed by atoms with Gasteiger partial charge in [0.25, 0.3) is 0 Å². The Hall–Kier alpha value is -3.48. The van der Waals surface area contributed by atoms with Crippen LogP contribution in [0.2, 0.25) is 0 Å². The van der Waals surface area contributed by atoms with Crippen LogP contribution in [0.15, 0.2) is 60.1 Å². The van der Waals surface area contributed by atoms with Crippen molar-refractivity contribution in [1.82, 2.24) is 10.6 Å². The second-order valence-corrected chi connectivity index (χ2v) is 6.78. The molecule has 1 aliphatic heterocycles. The number of benzene rings is 2. The highest BCUT2D eigenvalue weighted by atomic mass is 16.5. The van der Waals surface area contributed by atoms with Crippen LogP contribution in [0.1, 0.15) is 17.5 Å². The number of amides is 1. The smallest absolute Gasteiger partial charge is 0.224 e. The number of carbonyl (C=O) groups excluding carboxylic acids is 1. The average molecular weight is 409 g/mol. The van der Waals surface area contributed by atoms with Gasteiger partial charge in [0.05, 0.1) is 6.54 Å². The fraction of sp³-hybridized carbons (Fsp3) is 0.304. The van der Waals surface area contributed by atoms with Gasteiger partial charge >= 0.3 is 0 Å². The van der Waals surface area contributed by atoms with Crippen LogP contribution in [0, 0.1) is 0 Å². The maximum atomic E-state index is 11.4. The Morgan fingerprint density at radius 1 is 1.20 bits per heavy atom. The number of fused-ring (bicyclic) bond motifs is 1. The molecular weight excluding hydrogens is 380 g/mol. The number of aliphatic imine (C=N–C) groups is 1. The molecule has 0 bridgehead atoms. The van der Waals surface area contributed by atoms with E-state index < -0.39 is 0 Å². The van der Waals surface area contributed by atoms with Gasteiger partial charge in [0.2, 0.25) is 5.91 Å². The van der Waals surface area contributed by atoms with E-state index in [0.29, 0.717) is 38.7 Å². The number of carbonyl (C=O) groups is 1. The van der Waals surface area contributed by atoms with Crippen molar-refractivity contribution in [2.45, 2.75) is 19.4 Å². The lowest BCUT2D eigenvalue weighted by molar-refractivity contribution is -0.116. The predicted octanol–water partition coefficient (Wildman–Crippen LogP) is 2.88. The highest BCUT2D eigenvalue weighted by Gasteiger charge is 2.15. The second kappa shape index (κ2) is 10.9. The number of rotatable bonds is 9. The molecule has 2 aromatic rings. The normalized spacial score (nSPS) is 13.1. The SMILES string of the molecule is C=CCOc1ccccc1CNC(=NC)NCCOc1ccc2c(c1)CCC(=O)N2. The standard InChI is InChI=1S/C23H28N4O3/c1-3-13-30-21-7-5-4-6-18(21)16-26-23(24-2)25-12-14-29-19-9-10-20-17(15-19)8-11-22(28)27-20/h3-7,9-10,15H,1,8,11-14,16H2,2H3,(H,27,28)(H2,24,25,26). The summed E-state index contributed by atoms with van der Waals surface area (Å²) >= 11 is 0. The summed E-state index contributed by atoms with van der Waals surface area (Å²) in [4.78, 5) is 15.7. The van der Waals surface area contributed by atoms with E-state index in [4.69, 9.17) is 9.47 Å². The third-order valence-corrected chi connectivity index (χ3v) is 4.63. The monoisotopic (exact) mass is 408 g/mol. The van der Waals surface area contributed by atoms with E-state index in [0.717, 1.165) is 34.7 Å². The molecule has 2 aromatic carbocycles. The van der Waals surface area contributed by atoms with Gasteiger partial charge in [0.1, 0.15) is 24.7 Å². The van der Waals surface area contributed by atoms with Crippen molar-refractivity contribution < 1.29 is 14.3 Å². The Morgan fingerprint density at radius 3 is 2.90 bits per heavy atom. The molecule has 1 heterocycles. The summed E-state index contributed by atoms with van der Waals surface area (Å²) in [5, 5.41) is 9.40. The zero-order valence-electron chi connectivity index (χ0n) is 17.2. The van der Waals surface area contributed by atoms with Crippen molar-refractivity contribution in [2.24, 2.45) is 4.99 Å². The first kappa shape index (κ1) is 21.2. The number of hydrogen-bond acceptors (Lipinski definition) is 4. The van der Waals surface area contributed by atoms with Crippen LogP contribution in [0.4, 0.5) is 5.69 Å². The van der Waals surface area contributed by atoms with Gasteiger partial charge in [-0.25, -0.2) is 0 Å². The number of aryl methyl sites for hydroxylation is 1. The first-order chi connectivity index (χ1) is 14.7. The van der Waals surface area contributed by atoms with E-state index >= 15 is 0 Å². The fourth-order valence-electron chi connectivity index (χ4n) is 3.13. The lowest BCUT2D eigenvalue weighted by Gasteiger charge is -2.18. The van der Waals surface area contributed by atoms with Crippen molar-refractivity contribution in [3.63, 3.8) is 0 Å². The molecule has 30 heavy (non-hydrogen) atoms. The third-order valence-electron chi connectivity index (χ3n) is 4.63. The first-order valence-electron chi connectivity index (χ1n) is 10.0. The van der Waals surface area contributed by atoms with Gasteiger partial charge in [-0.1, -0.05) is 30.9 Å². The molecule has 0 fully saturated rings. The van der Waals surface area contributed by atoms with Crippen molar-refractivity contribution in [3.05, 3.63) is 66.2 Å². The molecule has 1 amide bonds. The highest BCUT2D eigenvalue weighted by molar-refractivity contribution is 5.94. The molecule has 0 aliphatic carbocycles.